The minimum absolute atomic E-state index is 0.265. The van der Waals surface area contributed by atoms with Crippen LogP contribution in [0.15, 0.2) is 6.33 Å². The van der Waals surface area contributed by atoms with Crippen LogP contribution in [0.4, 0.5) is 0 Å². The molecule has 1 rings (SSSR count). The third kappa shape index (κ3) is 6.03. The summed E-state index contributed by atoms with van der Waals surface area (Å²) < 4.78 is 1.97. The number of alkyl halides is 1. The standard InChI is InChI=1S/C12H23ClN4/c1-10(2)8-17-12(15-9-16-17)7-14-6-4-5-11(3)13/h9-11,14H,4-8H2,1-3H3. The van der Waals surface area contributed by atoms with Crippen molar-refractivity contribution in [2.45, 2.75) is 52.1 Å². The number of hydrogen-bond donors (Lipinski definition) is 1. The Kier molecular flexibility index (Phi) is 6.52. The van der Waals surface area contributed by atoms with E-state index >= 15 is 0 Å². The second kappa shape index (κ2) is 7.67. The van der Waals surface area contributed by atoms with E-state index in [1.54, 1.807) is 6.33 Å². The third-order valence-corrected chi connectivity index (χ3v) is 2.69. The van der Waals surface area contributed by atoms with E-state index in [9.17, 15) is 0 Å². The van der Waals surface area contributed by atoms with Crippen LogP contribution in [0.5, 0.6) is 0 Å². The molecule has 0 aromatic carbocycles. The molecule has 0 saturated carbocycles. The van der Waals surface area contributed by atoms with Crippen molar-refractivity contribution in [2.75, 3.05) is 6.54 Å². The molecule has 1 aromatic rings. The van der Waals surface area contributed by atoms with Crippen LogP contribution >= 0.6 is 11.6 Å². The van der Waals surface area contributed by atoms with Gasteiger partial charge in [-0.1, -0.05) is 13.8 Å². The molecule has 0 aliphatic rings. The van der Waals surface area contributed by atoms with E-state index in [4.69, 9.17) is 11.6 Å². The highest BCUT2D eigenvalue weighted by molar-refractivity contribution is 6.20. The zero-order valence-electron chi connectivity index (χ0n) is 11.0. The molecule has 4 nitrogen and oxygen atoms in total. The first-order valence-electron chi connectivity index (χ1n) is 6.31. The first-order chi connectivity index (χ1) is 8.09. The van der Waals surface area contributed by atoms with Crippen molar-refractivity contribution in [1.29, 1.82) is 0 Å². The van der Waals surface area contributed by atoms with Crippen molar-refractivity contribution < 1.29 is 0 Å². The average molecular weight is 259 g/mol. The summed E-state index contributed by atoms with van der Waals surface area (Å²) in [6.07, 6.45) is 3.77. The van der Waals surface area contributed by atoms with Crippen LogP contribution in [0.2, 0.25) is 0 Å². The van der Waals surface area contributed by atoms with Crippen molar-refractivity contribution in [1.82, 2.24) is 20.1 Å². The third-order valence-electron chi connectivity index (χ3n) is 2.47. The average Bonchev–Trinajstić information content (AvgIpc) is 2.64. The summed E-state index contributed by atoms with van der Waals surface area (Å²) in [5, 5.41) is 7.87. The largest absolute Gasteiger partial charge is 0.310 e. The molecule has 0 bridgehead atoms. The molecule has 0 saturated heterocycles. The minimum atomic E-state index is 0.265. The van der Waals surface area contributed by atoms with Gasteiger partial charge in [-0.3, -0.25) is 0 Å². The summed E-state index contributed by atoms with van der Waals surface area (Å²) in [7, 11) is 0. The van der Waals surface area contributed by atoms with Gasteiger partial charge in [0.05, 0.1) is 6.54 Å². The van der Waals surface area contributed by atoms with Gasteiger partial charge in [-0.15, -0.1) is 11.6 Å². The lowest BCUT2D eigenvalue weighted by atomic mass is 10.2. The second-order valence-corrected chi connectivity index (χ2v) is 5.60. The highest BCUT2D eigenvalue weighted by atomic mass is 35.5. The van der Waals surface area contributed by atoms with Crippen LogP contribution in [-0.2, 0) is 13.1 Å². The first kappa shape index (κ1) is 14.5. The molecule has 5 heteroatoms. The monoisotopic (exact) mass is 258 g/mol. The molecule has 1 heterocycles. The summed E-state index contributed by atoms with van der Waals surface area (Å²) in [4.78, 5) is 4.27. The van der Waals surface area contributed by atoms with E-state index in [0.29, 0.717) is 5.92 Å². The van der Waals surface area contributed by atoms with Gasteiger partial charge in [0.15, 0.2) is 0 Å². The number of nitrogens with zero attached hydrogens (tertiary/aromatic N) is 3. The fourth-order valence-electron chi connectivity index (χ4n) is 1.63. The van der Waals surface area contributed by atoms with E-state index in [1.165, 1.54) is 0 Å². The Morgan fingerprint density at radius 1 is 1.41 bits per heavy atom. The van der Waals surface area contributed by atoms with Gasteiger partial charge in [-0.2, -0.15) is 5.10 Å². The fraction of sp³-hybridized carbons (Fsp3) is 0.833. The van der Waals surface area contributed by atoms with Gasteiger partial charge in [0.25, 0.3) is 0 Å². The topological polar surface area (TPSA) is 42.7 Å². The van der Waals surface area contributed by atoms with Crippen molar-refractivity contribution in [3.8, 4) is 0 Å². The first-order valence-corrected chi connectivity index (χ1v) is 6.74. The van der Waals surface area contributed by atoms with E-state index in [0.717, 1.165) is 38.3 Å². The zero-order valence-corrected chi connectivity index (χ0v) is 11.7. The maximum Gasteiger partial charge on any atom is 0.140 e. The Morgan fingerprint density at radius 3 is 2.82 bits per heavy atom. The predicted molar refractivity (Wildman–Crippen MR) is 71.1 cm³/mol. The van der Waals surface area contributed by atoms with Gasteiger partial charge in [0, 0.05) is 11.9 Å². The molecule has 1 N–H and O–H groups in total. The molecule has 0 aliphatic carbocycles. The van der Waals surface area contributed by atoms with E-state index < -0.39 is 0 Å². The molecular formula is C12H23ClN4. The minimum Gasteiger partial charge on any atom is -0.310 e. The molecule has 1 aromatic heterocycles. The summed E-state index contributed by atoms with van der Waals surface area (Å²) in [5.41, 5.74) is 0. The lowest BCUT2D eigenvalue weighted by molar-refractivity contribution is 0.456. The predicted octanol–water partition coefficient (Wildman–Crippen LogP) is 2.43. The SMILES string of the molecule is CC(C)Cn1ncnc1CNCCCC(C)Cl. The smallest absolute Gasteiger partial charge is 0.140 e. The zero-order chi connectivity index (χ0) is 12.7. The van der Waals surface area contributed by atoms with Crippen LogP contribution < -0.4 is 5.32 Å². The van der Waals surface area contributed by atoms with E-state index in [-0.39, 0.29) is 5.38 Å². The van der Waals surface area contributed by atoms with Gasteiger partial charge < -0.3 is 5.32 Å². The van der Waals surface area contributed by atoms with Crippen molar-refractivity contribution >= 4 is 11.6 Å². The lowest BCUT2D eigenvalue weighted by Gasteiger charge is -2.09. The van der Waals surface area contributed by atoms with E-state index in [1.807, 2.05) is 11.6 Å². The number of hydrogen-bond acceptors (Lipinski definition) is 3. The lowest BCUT2D eigenvalue weighted by Crippen LogP contribution is -2.20. The second-order valence-electron chi connectivity index (χ2n) is 4.85. The number of nitrogens with one attached hydrogen (secondary N) is 1. The summed E-state index contributed by atoms with van der Waals surface area (Å²) in [6, 6.07) is 0. The summed E-state index contributed by atoms with van der Waals surface area (Å²) in [5.74, 6) is 1.60. The van der Waals surface area contributed by atoms with Gasteiger partial charge in [-0.05, 0) is 32.2 Å². The van der Waals surface area contributed by atoms with Gasteiger partial charge >= 0.3 is 0 Å². The van der Waals surface area contributed by atoms with Gasteiger partial charge in [0.1, 0.15) is 12.2 Å². The van der Waals surface area contributed by atoms with Crippen molar-refractivity contribution in [3.63, 3.8) is 0 Å². The Labute approximate surface area is 109 Å². The molecule has 0 spiro atoms. The molecule has 1 unspecified atom stereocenters. The van der Waals surface area contributed by atoms with Crippen LogP contribution in [0.1, 0.15) is 39.4 Å². The Bertz CT molecular complexity index is 309. The Hall–Kier alpha value is -0.610. The maximum absolute atomic E-state index is 5.88. The normalized spacial score (nSPS) is 13.2. The van der Waals surface area contributed by atoms with Gasteiger partial charge in [-0.25, -0.2) is 9.67 Å². The molecular weight excluding hydrogens is 236 g/mol. The van der Waals surface area contributed by atoms with Gasteiger partial charge in [0.2, 0.25) is 0 Å². The number of halogens is 1. The quantitative estimate of drug-likeness (QED) is 0.575. The van der Waals surface area contributed by atoms with E-state index in [2.05, 4.69) is 29.2 Å². The van der Waals surface area contributed by atoms with Crippen LogP contribution in [0.25, 0.3) is 0 Å². The molecule has 98 valence electrons. The highest BCUT2D eigenvalue weighted by Gasteiger charge is 2.05. The molecule has 0 radical (unpaired) electrons. The Morgan fingerprint density at radius 2 is 2.18 bits per heavy atom. The van der Waals surface area contributed by atoms with Crippen LogP contribution in [0.3, 0.4) is 0 Å². The molecule has 0 aliphatic heterocycles. The van der Waals surface area contributed by atoms with Crippen LogP contribution in [0, 0.1) is 5.92 Å². The molecule has 17 heavy (non-hydrogen) atoms. The molecule has 1 atom stereocenters. The van der Waals surface area contributed by atoms with Crippen LogP contribution in [-0.4, -0.2) is 26.7 Å². The summed E-state index contributed by atoms with van der Waals surface area (Å²) >= 11 is 5.88. The maximum atomic E-state index is 5.88. The fourth-order valence-corrected chi connectivity index (χ4v) is 1.79. The molecule has 0 fully saturated rings. The summed E-state index contributed by atoms with van der Waals surface area (Å²) in [6.45, 7) is 9.08. The Balaban J connectivity index is 2.24. The highest BCUT2D eigenvalue weighted by Crippen LogP contribution is 2.03. The number of aromatic nitrogens is 3. The molecule has 0 amide bonds. The number of rotatable bonds is 8. The van der Waals surface area contributed by atoms with Crippen molar-refractivity contribution in [2.24, 2.45) is 5.92 Å². The van der Waals surface area contributed by atoms with Crippen molar-refractivity contribution in [3.05, 3.63) is 12.2 Å².